The molecule has 0 unspecified atom stereocenters. The normalized spacial score (nSPS) is 24.1. The van der Waals surface area contributed by atoms with Gasteiger partial charge in [0.1, 0.15) is 11.5 Å². The number of ketones is 2. The lowest BCUT2D eigenvalue weighted by molar-refractivity contribution is -0.121. The molecule has 1 amide bonds. The third kappa shape index (κ3) is 3.24. The number of fused-ring (bicyclic) bond motifs is 6. The first-order valence-electron chi connectivity index (χ1n) is 13.6. The summed E-state index contributed by atoms with van der Waals surface area (Å²) in [5.74, 6) is -1.60. The van der Waals surface area contributed by atoms with E-state index in [1.807, 2.05) is 86.6 Å². The standard InChI is InChI=1S/C35H28N2O3/c1-21-17-18-28-25(19-21)22(2)20-29-35(26-15-9-10-16-27(26)36-34(35)40)30(32(38)23-11-5-3-6-12-23)31(37(28)29)33(39)24-13-7-4-8-14-24/h3-20,29-31H,1-2H3,(H,36,40)/t29-,30+,31-,35+/m0/s1. The minimum absolute atomic E-state index is 0.173. The number of anilines is 2. The summed E-state index contributed by atoms with van der Waals surface area (Å²) in [7, 11) is 0. The number of Topliss-reactive ketones (excluding diaryl/α,β-unsaturated/α-hetero) is 2. The Morgan fingerprint density at radius 1 is 0.775 bits per heavy atom. The molecule has 1 fully saturated rings. The zero-order valence-electron chi connectivity index (χ0n) is 22.3. The average molecular weight is 525 g/mol. The van der Waals surface area contributed by atoms with Gasteiger partial charge in [-0.15, -0.1) is 0 Å². The molecule has 1 spiro atoms. The maximum absolute atomic E-state index is 14.7. The van der Waals surface area contributed by atoms with Gasteiger partial charge >= 0.3 is 0 Å². The molecule has 7 rings (SSSR count). The van der Waals surface area contributed by atoms with Gasteiger partial charge in [-0.3, -0.25) is 14.4 Å². The van der Waals surface area contributed by atoms with Crippen molar-refractivity contribution < 1.29 is 14.4 Å². The van der Waals surface area contributed by atoms with E-state index in [4.69, 9.17) is 0 Å². The molecule has 1 N–H and O–H groups in total. The SMILES string of the molecule is CC1=C[C@@H]2N(c3ccc(C)cc31)[C@H](C(=O)c1ccccc1)[C@H](C(=O)c1ccccc1)[C@]21C(=O)Nc2ccccc21. The highest BCUT2D eigenvalue weighted by atomic mass is 16.2. The number of benzene rings is 4. The van der Waals surface area contributed by atoms with Crippen LogP contribution >= 0.6 is 0 Å². The van der Waals surface area contributed by atoms with Crippen LogP contribution in [0.3, 0.4) is 0 Å². The smallest absolute Gasteiger partial charge is 0.238 e. The van der Waals surface area contributed by atoms with Gasteiger partial charge in [-0.1, -0.05) is 96.6 Å². The number of allylic oxidation sites excluding steroid dienone is 1. The highest BCUT2D eigenvalue weighted by molar-refractivity contribution is 6.18. The molecule has 0 aliphatic carbocycles. The molecule has 0 bridgehead atoms. The molecule has 1 saturated heterocycles. The fourth-order valence-electron chi connectivity index (χ4n) is 7.10. The van der Waals surface area contributed by atoms with Crippen molar-refractivity contribution in [2.45, 2.75) is 31.3 Å². The minimum atomic E-state index is -1.30. The Kier molecular flexibility index (Phi) is 5.39. The number of carbonyl (C=O) groups excluding carboxylic acids is 3. The van der Waals surface area contributed by atoms with Gasteiger partial charge in [0.25, 0.3) is 0 Å². The first kappa shape index (κ1) is 24.3. The first-order valence-corrected chi connectivity index (χ1v) is 13.6. The van der Waals surface area contributed by atoms with Crippen molar-refractivity contribution in [1.29, 1.82) is 0 Å². The maximum atomic E-state index is 14.7. The van der Waals surface area contributed by atoms with E-state index in [0.717, 1.165) is 28.0 Å². The van der Waals surface area contributed by atoms with Gasteiger partial charge in [0.05, 0.1) is 12.0 Å². The van der Waals surface area contributed by atoms with Crippen LogP contribution in [0, 0.1) is 12.8 Å². The van der Waals surface area contributed by atoms with Gasteiger partial charge in [-0.25, -0.2) is 0 Å². The van der Waals surface area contributed by atoms with Gasteiger partial charge in [0.2, 0.25) is 5.91 Å². The van der Waals surface area contributed by atoms with E-state index in [2.05, 4.69) is 22.4 Å². The Hall–Kier alpha value is -4.77. The van der Waals surface area contributed by atoms with Gasteiger partial charge < -0.3 is 10.2 Å². The predicted molar refractivity (Wildman–Crippen MR) is 157 cm³/mol. The molecule has 0 saturated carbocycles. The first-order chi connectivity index (χ1) is 19.4. The molecule has 196 valence electrons. The fourth-order valence-corrected chi connectivity index (χ4v) is 7.10. The van der Waals surface area contributed by atoms with Gasteiger partial charge in [-0.2, -0.15) is 0 Å². The van der Waals surface area contributed by atoms with Crippen molar-refractivity contribution in [3.05, 3.63) is 137 Å². The second kappa shape index (κ2) is 8.88. The van der Waals surface area contributed by atoms with E-state index in [-0.39, 0.29) is 17.5 Å². The zero-order valence-corrected chi connectivity index (χ0v) is 22.3. The molecule has 3 heterocycles. The number of hydrogen-bond donors (Lipinski definition) is 1. The molecule has 3 aliphatic heterocycles. The summed E-state index contributed by atoms with van der Waals surface area (Å²) < 4.78 is 0. The number of carbonyl (C=O) groups is 3. The molecule has 0 radical (unpaired) electrons. The number of nitrogens with zero attached hydrogens (tertiary/aromatic N) is 1. The van der Waals surface area contributed by atoms with Gasteiger partial charge in [0, 0.05) is 28.1 Å². The van der Waals surface area contributed by atoms with E-state index in [1.165, 1.54) is 0 Å². The summed E-state index contributed by atoms with van der Waals surface area (Å²) in [6.45, 7) is 4.09. The van der Waals surface area contributed by atoms with Crippen LogP contribution < -0.4 is 10.2 Å². The molecule has 5 heteroatoms. The van der Waals surface area contributed by atoms with Gasteiger partial charge in [-0.05, 0) is 43.2 Å². The zero-order chi connectivity index (χ0) is 27.6. The largest absolute Gasteiger partial charge is 0.352 e. The van der Waals surface area contributed by atoms with Crippen LogP contribution in [0.2, 0.25) is 0 Å². The average Bonchev–Trinajstić information content (AvgIpc) is 3.45. The molecular weight excluding hydrogens is 496 g/mol. The van der Waals surface area contributed by atoms with Crippen LogP contribution in [-0.4, -0.2) is 29.6 Å². The predicted octanol–water partition coefficient (Wildman–Crippen LogP) is 6.24. The van der Waals surface area contributed by atoms with E-state index >= 15 is 0 Å². The third-order valence-corrected chi connectivity index (χ3v) is 8.80. The van der Waals surface area contributed by atoms with Crippen molar-refractivity contribution >= 4 is 34.4 Å². The summed E-state index contributed by atoms with van der Waals surface area (Å²) in [5, 5.41) is 3.09. The second-order valence-corrected chi connectivity index (χ2v) is 11.0. The Labute approximate surface area is 233 Å². The number of para-hydroxylation sites is 1. The highest BCUT2D eigenvalue weighted by Gasteiger charge is 2.70. The van der Waals surface area contributed by atoms with Crippen LogP contribution in [0.25, 0.3) is 5.57 Å². The summed E-state index contributed by atoms with van der Waals surface area (Å²) >= 11 is 0. The quantitative estimate of drug-likeness (QED) is 0.321. The molecule has 4 aromatic rings. The topological polar surface area (TPSA) is 66.5 Å². The number of rotatable bonds is 4. The van der Waals surface area contributed by atoms with Crippen molar-refractivity contribution in [2.75, 3.05) is 10.2 Å². The number of hydrogen-bond acceptors (Lipinski definition) is 4. The number of nitrogens with one attached hydrogen (secondary N) is 1. The fraction of sp³-hybridized carbons (Fsp3) is 0.171. The van der Waals surface area contributed by atoms with Gasteiger partial charge in [0.15, 0.2) is 11.6 Å². The van der Waals surface area contributed by atoms with E-state index in [9.17, 15) is 14.4 Å². The maximum Gasteiger partial charge on any atom is 0.238 e. The molecule has 40 heavy (non-hydrogen) atoms. The Balaban J connectivity index is 1.57. The lowest BCUT2D eigenvalue weighted by Crippen LogP contribution is -2.51. The molecule has 3 aliphatic rings. The molecule has 4 aromatic carbocycles. The van der Waals surface area contributed by atoms with E-state index in [1.54, 1.807) is 24.3 Å². The summed E-state index contributed by atoms with van der Waals surface area (Å²) in [6.07, 6.45) is 2.09. The molecule has 5 nitrogen and oxygen atoms in total. The monoisotopic (exact) mass is 524 g/mol. The van der Waals surface area contributed by atoms with Crippen LogP contribution in [0.5, 0.6) is 0 Å². The third-order valence-electron chi connectivity index (χ3n) is 8.80. The van der Waals surface area contributed by atoms with Crippen molar-refractivity contribution in [2.24, 2.45) is 5.92 Å². The van der Waals surface area contributed by atoms with Crippen LogP contribution in [0.15, 0.2) is 109 Å². The summed E-state index contributed by atoms with van der Waals surface area (Å²) in [6, 6.07) is 30.5. The molecule has 4 atom stereocenters. The second-order valence-electron chi connectivity index (χ2n) is 11.0. The summed E-state index contributed by atoms with van der Waals surface area (Å²) in [5.41, 5.74) is 5.14. The van der Waals surface area contributed by atoms with Crippen LogP contribution in [0.1, 0.15) is 44.3 Å². The number of aryl methyl sites for hydroxylation is 1. The van der Waals surface area contributed by atoms with E-state index < -0.39 is 23.4 Å². The molecular formula is C35H28N2O3. The summed E-state index contributed by atoms with van der Waals surface area (Å²) in [4.78, 5) is 45.8. The van der Waals surface area contributed by atoms with Crippen molar-refractivity contribution in [3.8, 4) is 0 Å². The Bertz CT molecular complexity index is 1730. The Morgan fingerprint density at radius 3 is 2.10 bits per heavy atom. The minimum Gasteiger partial charge on any atom is -0.352 e. The van der Waals surface area contributed by atoms with Crippen molar-refractivity contribution in [1.82, 2.24) is 0 Å². The lowest BCUT2D eigenvalue weighted by atomic mass is 9.64. The van der Waals surface area contributed by atoms with Crippen LogP contribution in [-0.2, 0) is 10.2 Å². The molecule has 0 aromatic heterocycles. The lowest BCUT2D eigenvalue weighted by Gasteiger charge is -2.39. The number of amides is 1. The highest BCUT2D eigenvalue weighted by Crippen LogP contribution is 2.58. The van der Waals surface area contributed by atoms with Crippen LogP contribution in [0.4, 0.5) is 11.4 Å². The van der Waals surface area contributed by atoms with Crippen molar-refractivity contribution in [3.63, 3.8) is 0 Å². The Morgan fingerprint density at radius 2 is 1.40 bits per heavy atom. The van der Waals surface area contributed by atoms with E-state index in [0.29, 0.717) is 16.8 Å².